The van der Waals surface area contributed by atoms with E-state index in [1.54, 1.807) is 33.9 Å². The van der Waals surface area contributed by atoms with Crippen LogP contribution in [0.15, 0.2) is 43.5 Å². The van der Waals surface area contributed by atoms with Crippen LogP contribution in [-0.4, -0.2) is 83.2 Å². The van der Waals surface area contributed by atoms with Gasteiger partial charge in [-0.2, -0.15) is 0 Å². The molecule has 3 amide bonds. The Bertz CT molecular complexity index is 1130. The fraction of sp³-hybridized carbons (Fsp3) is 0.567. The quantitative estimate of drug-likeness (QED) is 0.477. The summed E-state index contributed by atoms with van der Waals surface area (Å²) in [6, 6.07) is 4.95. The van der Waals surface area contributed by atoms with Gasteiger partial charge in [-0.3, -0.25) is 14.4 Å². The summed E-state index contributed by atoms with van der Waals surface area (Å²) in [5.41, 5.74) is 0.657. The molecule has 1 aromatic rings. The van der Waals surface area contributed by atoms with Crippen LogP contribution in [0.5, 0.6) is 0 Å². The number of benzene rings is 1. The van der Waals surface area contributed by atoms with Gasteiger partial charge in [-0.15, -0.1) is 13.2 Å². The molecule has 0 radical (unpaired) electrons. The minimum Gasteiger partial charge on any atom is -0.396 e. The topological polar surface area (TPSA) is 90.4 Å². The highest BCUT2D eigenvalue weighted by Crippen LogP contribution is 2.65. The van der Waals surface area contributed by atoms with Gasteiger partial charge in [-0.05, 0) is 50.7 Å². The third-order valence-corrected chi connectivity index (χ3v) is 8.94. The van der Waals surface area contributed by atoms with Gasteiger partial charge in [0.15, 0.2) is 0 Å². The highest BCUT2D eigenvalue weighted by molar-refractivity contribution is 6.05. The summed E-state index contributed by atoms with van der Waals surface area (Å²) in [7, 11) is 1.70. The number of rotatable bonds is 10. The summed E-state index contributed by atoms with van der Waals surface area (Å²) < 4.78 is 6.81. The first-order chi connectivity index (χ1) is 18.0. The zero-order valence-corrected chi connectivity index (χ0v) is 23.3. The molecule has 206 valence electrons. The minimum absolute atomic E-state index is 0.0428. The predicted octanol–water partition coefficient (Wildman–Crippen LogP) is 2.86. The lowest BCUT2D eigenvalue weighted by Crippen LogP contribution is -2.57. The molecule has 0 aromatic heterocycles. The van der Waals surface area contributed by atoms with Gasteiger partial charge < -0.3 is 24.5 Å². The van der Waals surface area contributed by atoms with Crippen molar-refractivity contribution in [2.45, 2.75) is 57.8 Å². The molecule has 1 spiro atoms. The molecule has 8 nitrogen and oxygen atoms in total. The number of hydrogen-bond donors (Lipinski definition) is 1. The van der Waals surface area contributed by atoms with Crippen molar-refractivity contribution in [1.82, 2.24) is 9.80 Å². The van der Waals surface area contributed by atoms with Crippen LogP contribution < -0.4 is 4.90 Å². The summed E-state index contributed by atoms with van der Waals surface area (Å²) in [6.07, 6.45) is 4.16. The number of aliphatic hydroxyl groups excluding tert-OH is 1. The van der Waals surface area contributed by atoms with Gasteiger partial charge in [-0.1, -0.05) is 37.3 Å². The molecule has 8 heteroatoms. The number of carbonyl (C=O) groups excluding carboxylic acids is 3. The highest BCUT2D eigenvalue weighted by atomic mass is 16.5. The Balaban J connectivity index is 1.86. The minimum atomic E-state index is -1.14. The summed E-state index contributed by atoms with van der Waals surface area (Å²) in [5, 5.41) is 9.62. The standard InChI is InChI=1S/C30H41N3O5/c1-8-14-31(7)26(35)22-23-27(36)33(16-11-17-34)25(30(23)18-21(5)29(22,6)38-30)28(37)32(15-9-2)24-19(3)12-10-13-20(24)4/h8-10,12-13,21-23,25,34H,1-2,11,14-18H2,3-7H3/t21?,22-,23+,25?,29+,30?/m1/s1. The van der Waals surface area contributed by atoms with Crippen LogP contribution in [0.4, 0.5) is 5.69 Å². The van der Waals surface area contributed by atoms with Gasteiger partial charge in [0, 0.05) is 39.0 Å². The summed E-state index contributed by atoms with van der Waals surface area (Å²) in [4.78, 5) is 47.4. The number of aliphatic hydroxyl groups is 1. The Morgan fingerprint density at radius 1 is 1.18 bits per heavy atom. The van der Waals surface area contributed by atoms with Crippen molar-refractivity contribution in [3.63, 3.8) is 0 Å². The first-order valence-electron chi connectivity index (χ1n) is 13.5. The maximum absolute atomic E-state index is 14.6. The second-order valence-corrected chi connectivity index (χ2v) is 11.3. The first-order valence-corrected chi connectivity index (χ1v) is 13.5. The van der Waals surface area contributed by atoms with E-state index >= 15 is 0 Å². The Morgan fingerprint density at radius 2 is 1.82 bits per heavy atom. The van der Waals surface area contributed by atoms with E-state index in [2.05, 4.69) is 13.2 Å². The number of hydrogen-bond acceptors (Lipinski definition) is 5. The Kier molecular flexibility index (Phi) is 7.60. The van der Waals surface area contributed by atoms with Crippen molar-refractivity contribution >= 4 is 23.4 Å². The molecule has 38 heavy (non-hydrogen) atoms. The van der Waals surface area contributed by atoms with E-state index in [1.807, 2.05) is 45.9 Å². The van der Waals surface area contributed by atoms with Gasteiger partial charge in [-0.25, -0.2) is 0 Å². The van der Waals surface area contributed by atoms with Crippen molar-refractivity contribution < 1.29 is 24.2 Å². The smallest absolute Gasteiger partial charge is 0.253 e. The summed E-state index contributed by atoms with van der Waals surface area (Å²) >= 11 is 0. The molecule has 2 bridgehead atoms. The number of aryl methyl sites for hydroxylation is 2. The van der Waals surface area contributed by atoms with Crippen LogP contribution in [0.1, 0.15) is 37.8 Å². The molecule has 1 N–H and O–H groups in total. The lowest BCUT2D eigenvalue weighted by atomic mass is 9.62. The first kappa shape index (κ1) is 28.0. The number of ether oxygens (including phenoxy) is 1. The Morgan fingerprint density at radius 3 is 2.39 bits per heavy atom. The van der Waals surface area contributed by atoms with E-state index in [0.29, 0.717) is 19.4 Å². The molecule has 3 unspecified atom stereocenters. The average Bonchev–Trinajstić information content (AvgIpc) is 3.37. The van der Waals surface area contributed by atoms with Crippen LogP contribution in [-0.2, 0) is 19.1 Å². The van der Waals surface area contributed by atoms with Crippen molar-refractivity contribution in [1.29, 1.82) is 0 Å². The highest BCUT2D eigenvalue weighted by Gasteiger charge is 2.80. The predicted molar refractivity (Wildman–Crippen MR) is 146 cm³/mol. The lowest BCUT2D eigenvalue weighted by molar-refractivity contribution is -0.150. The van der Waals surface area contributed by atoms with Crippen LogP contribution in [0.2, 0.25) is 0 Å². The van der Waals surface area contributed by atoms with Crippen LogP contribution in [0.25, 0.3) is 0 Å². The number of amides is 3. The number of fused-ring (bicyclic) bond motifs is 1. The van der Waals surface area contributed by atoms with E-state index in [1.165, 1.54) is 0 Å². The molecule has 1 aromatic carbocycles. The molecule has 3 saturated heterocycles. The molecular weight excluding hydrogens is 482 g/mol. The van der Waals surface area contributed by atoms with Crippen molar-refractivity contribution in [3.8, 4) is 0 Å². The van der Waals surface area contributed by atoms with Gasteiger partial charge >= 0.3 is 0 Å². The van der Waals surface area contributed by atoms with Crippen molar-refractivity contribution in [2.75, 3.05) is 38.2 Å². The van der Waals surface area contributed by atoms with Crippen LogP contribution in [0, 0.1) is 31.6 Å². The lowest BCUT2D eigenvalue weighted by Gasteiger charge is -2.38. The average molecular weight is 524 g/mol. The molecule has 0 saturated carbocycles. The Hall–Kier alpha value is -2.97. The largest absolute Gasteiger partial charge is 0.396 e. The van der Waals surface area contributed by atoms with Gasteiger partial charge in [0.05, 0.1) is 17.4 Å². The van der Waals surface area contributed by atoms with Gasteiger partial charge in [0.25, 0.3) is 5.91 Å². The van der Waals surface area contributed by atoms with Gasteiger partial charge in [0.1, 0.15) is 11.6 Å². The fourth-order valence-corrected chi connectivity index (χ4v) is 7.20. The second kappa shape index (κ2) is 10.3. The summed E-state index contributed by atoms with van der Waals surface area (Å²) in [5.74, 6) is -2.21. The van der Waals surface area contributed by atoms with E-state index in [-0.39, 0.29) is 43.3 Å². The molecule has 3 fully saturated rings. The molecular formula is C30H41N3O5. The van der Waals surface area contributed by atoms with Gasteiger partial charge in [0.2, 0.25) is 11.8 Å². The van der Waals surface area contributed by atoms with Crippen molar-refractivity contribution in [3.05, 3.63) is 54.6 Å². The maximum Gasteiger partial charge on any atom is 0.253 e. The van der Waals surface area contributed by atoms with E-state index < -0.39 is 29.1 Å². The molecule has 3 heterocycles. The monoisotopic (exact) mass is 523 g/mol. The number of likely N-dealkylation sites (N-methyl/N-ethyl adjacent to an activating group) is 1. The van der Waals surface area contributed by atoms with E-state index in [0.717, 1.165) is 16.8 Å². The zero-order chi connectivity index (χ0) is 28.0. The third-order valence-electron chi connectivity index (χ3n) is 8.94. The number of anilines is 1. The fourth-order valence-electron chi connectivity index (χ4n) is 7.20. The second-order valence-electron chi connectivity index (χ2n) is 11.3. The van der Waals surface area contributed by atoms with E-state index in [9.17, 15) is 19.5 Å². The number of para-hydroxylation sites is 1. The molecule has 3 aliphatic rings. The normalized spacial score (nSPS) is 31.3. The number of likely N-dealkylation sites (tertiary alicyclic amines) is 1. The molecule has 0 aliphatic carbocycles. The van der Waals surface area contributed by atoms with Crippen molar-refractivity contribution in [2.24, 2.45) is 17.8 Å². The maximum atomic E-state index is 14.6. The van der Waals surface area contributed by atoms with E-state index in [4.69, 9.17) is 4.74 Å². The SMILES string of the molecule is C=CCN(C)C(=O)[C@H]1[C@H]2C(=O)N(CCCO)C(C(=O)N(CC=C)c3c(C)cccc3C)C23CC(C)[C@]1(C)O3. The Labute approximate surface area is 225 Å². The summed E-state index contributed by atoms with van der Waals surface area (Å²) in [6.45, 7) is 16.2. The third kappa shape index (κ3) is 4.00. The van der Waals surface area contributed by atoms with Crippen LogP contribution >= 0.6 is 0 Å². The molecule has 6 atom stereocenters. The molecule has 3 aliphatic heterocycles. The van der Waals surface area contributed by atoms with Crippen LogP contribution in [0.3, 0.4) is 0 Å². The number of carbonyl (C=O) groups is 3. The molecule has 4 rings (SSSR count). The zero-order valence-electron chi connectivity index (χ0n) is 23.3. The number of nitrogens with zero attached hydrogens (tertiary/aromatic N) is 3.